The second-order valence-electron chi connectivity index (χ2n) is 13.5. The number of halogens is 7. The van der Waals surface area contributed by atoms with Gasteiger partial charge in [-0.05, 0) is 52.8 Å². The fourth-order valence-corrected chi connectivity index (χ4v) is 7.27. The molecule has 0 spiro atoms. The van der Waals surface area contributed by atoms with E-state index in [1.54, 1.807) is 24.3 Å². The minimum absolute atomic E-state index is 0.0663. The molecule has 6 rings (SSSR count). The summed E-state index contributed by atoms with van der Waals surface area (Å²) in [4.78, 5) is 23.3. The van der Waals surface area contributed by atoms with Gasteiger partial charge in [0, 0.05) is 31.1 Å². The first-order valence-electron chi connectivity index (χ1n) is 15.6. The Morgan fingerprint density at radius 2 is 1.74 bits per heavy atom. The number of aromatic nitrogens is 2. The number of anilines is 1. The third kappa shape index (κ3) is 6.18. The minimum Gasteiger partial charge on any atom is -0.468 e. The third-order valence-electron chi connectivity index (χ3n) is 9.51. The van der Waals surface area contributed by atoms with E-state index in [4.69, 9.17) is 14.2 Å². The molecule has 1 amide bonds. The van der Waals surface area contributed by atoms with E-state index in [0.29, 0.717) is 24.3 Å². The molecule has 9 nitrogen and oxygen atoms in total. The molecule has 0 saturated carbocycles. The molecule has 0 unspecified atom stereocenters. The Kier molecular flexibility index (Phi) is 8.68. The molecule has 2 bridgehead atoms. The van der Waals surface area contributed by atoms with Crippen LogP contribution in [0.1, 0.15) is 39.2 Å². The number of fused-ring (bicyclic) bond motifs is 4. The first-order chi connectivity index (χ1) is 23.3. The van der Waals surface area contributed by atoms with E-state index in [1.807, 2.05) is 20.8 Å². The van der Waals surface area contributed by atoms with Crippen LogP contribution in [0.3, 0.4) is 0 Å². The number of rotatable bonds is 7. The van der Waals surface area contributed by atoms with Gasteiger partial charge in [0.1, 0.15) is 17.1 Å². The predicted molar refractivity (Wildman–Crippen MR) is 169 cm³/mol. The van der Waals surface area contributed by atoms with Crippen molar-refractivity contribution in [2.75, 3.05) is 38.5 Å². The SMILES string of the molecule is COCOc1cc(-c2c(C(F)(F)F)cc3c(N4C[C@@H]5CC[C@@](C(C)(C)C)(C4)N5C(=O)O)nc(OCC(F)(F)F)nc3c2F)c2ccccc2c1. The van der Waals surface area contributed by atoms with Crippen molar-refractivity contribution < 1.29 is 54.8 Å². The van der Waals surface area contributed by atoms with Gasteiger partial charge in [0.15, 0.2) is 19.2 Å². The summed E-state index contributed by atoms with van der Waals surface area (Å²) in [5.41, 5.74) is -4.96. The summed E-state index contributed by atoms with van der Waals surface area (Å²) >= 11 is 0. The van der Waals surface area contributed by atoms with Crippen molar-refractivity contribution in [3.05, 3.63) is 53.8 Å². The summed E-state index contributed by atoms with van der Waals surface area (Å²) in [6, 6.07) is 8.22. The van der Waals surface area contributed by atoms with E-state index >= 15 is 17.6 Å². The maximum atomic E-state index is 17.0. The Bertz CT molecular complexity index is 1960. The fourth-order valence-electron chi connectivity index (χ4n) is 7.27. The van der Waals surface area contributed by atoms with Crippen molar-refractivity contribution in [3.8, 4) is 22.9 Å². The van der Waals surface area contributed by atoms with Crippen molar-refractivity contribution in [1.82, 2.24) is 14.9 Å². The highest BCUT2D eigenvalue weighted by Crippen LogP contribution is 2.52. The number of ether oxygens (including phenoxy) is 3. The molecule has 3 aromatic carbocycles. The Morgan fingerprint density at radius 3 is 2.38 bits per heavy atom. The molecule has 0 radical (unpaired) electrons. The number of nitrogens with zero attached hydrogens (tertiary/aromatic N) is 4. The van der Waals surface area contributed by atoms with E-state index in [-0.39, 0.29) is 42.4 Å². The molecule has 50 heavy (non-hydrogen) atoms. The molecule has 1 aromatic heterocycles. The molecule has 0 aliphatic carbocycles. The van der Waals surface area contributed by atoms with E-state index in [0.717, 1.165) is 0 Å². The van der Waals surface area contributed by atoms with Crippen LogP contribution in [0.2, 0.25) is 0 Å². The summed E-state index contributed by atoms with van der Waals surface area (Å²) in [5, 5.41) is 10.4. The highest BCUT2D eigenvalue weighted by atomic mass is 19.4. The lowest BCUT2D eigenvalue weighted by atomic mass is 9.71. The van der Waals surface area contributed by atoms with Crippen LogP contribution < -0.4 is 14.4 Å². The minimum atomic E-state index is -5.13. The number of hydrogen-bond acceptors (Lipinski definition) is 7. The maximum Gasteiger partial charge on any atom is 0.422 e. The fraction of sp³-hybridized carbons (Fsp3) is 0.441. The van der Waals surface area contributed by atoms with Crippen LogP contribution >= 0.6 is 0 Å². The molecular weight excluding hydrogens is 677 g/mol. The summed E-state index contributed by atoms with van der Waals surface area (Å²) < 4.78 is 117. The molecule has 16 heteroatoms. The van der Waals surface area contributed by atoms with Crippen LogP contribution in [0, 0.1) is 11.2 Å². The number of hydrogen-bond donors (Lipinski definition) is 1. The maximum absolute atomic E-state index is 17.0. The van der Waals surface area contributed by atoms with Crippen molar-refractivity contribution >= 4 is 33.6 Å². The van der Waals surface area contributed by atoms with Gasteiger partial charge in [-0.2, -0.15) is 36.3 Å². The number of amides is 1. The van der Waals surface area contributed by atoms with Crippen molar-refractivity contribution in [3.63, 3.8) is 0 Å². The molecule has 2 aliphatic heterocycles. The average Bonchev–Trinajstić information content (AvgIpc) is 3.29. The quantitative estimate of drug-likeness (QED) is 0.151. The molecule has 268 valence electrons. The van der Waals surface area contributed by atoms with Gasteiger partial charge in [-0.3, -0.25) is 4.90 Å². The second kappa shape index (κ2) is 12.3. The zero-order valence-electron chi connectivity index (χ0n) is 27.4. The number of piperazine rings is 1. The van der Waals surface area contributed by atoms with Crippen LogP contribution in [0.5, 0.6) is 11.8 Å². The van der Waals surface area contributed by atoms with Crippen LogP contribution in [0.25, 0.3) is 32.8 Å². The average molecular weight is 711 g/mol. The van der Waals surface area contributed by atoms with Crippen LogP contribution in [-0.2, 0) is 10.9 Å². The normalized spacial score (nSPS) is 19.8. The van der Waals surface area contributed by atoms with Gasteiger partial charge in [-0.15, -0.1) is 0 Å². The van der Waals surface area contributed by atoms with Crippen LogP contribution in [-0.4, -0.2) is 77.4 Å². The zero-order valence-corrected chi connectivity index (χ0v) is 27.4. The number of carbonyl (C=O) groups is 1. The number of alkyl halides is 6. The van der Waals surface area contributed by atoms with Gasteiger partial charge in [0.25, 0.3) is 0 Å². The van der Waals surface area contributed by atoms with Crippen LogP contribution in [0.15, 0.2) is 42.5 Å². The topological polar surface area (TPSA) is 97.3 Å². The molecule has 2 atom stereocenters. The Balaban J connectivity index is 1.64. The van der Waals surface area contributed by atoms with E-state index in [9.17, 15) is 23.1 Å². The second-order valence-corrected chi connectivity index (χ2v) is 13.5. The first-order valence-corrected chi connectivity index (χ1v) is 15.6. The Labute approximate surface area is 281 Å². The summed E-state index contributed by atoms with van der Waals surface area (Å²) in [6.45, 7) is 3.22. The van der Waals surface area contributed by atoms with Gasteiger partial charge in [-0.25, -0.2) is 9.18 Å². The lowest BCUT2D eigenvalue weighted by molar-refractivity contribution is -0.154. The van der Waals surface area contributed by atoms with E-state index in [1.165, 1.54) is 29.0 Å². The van der Waals surface area contributed by atoms with Gasteiger partial charge < -0.3 is 24.2 Å². The zero-order chi connectivity index (χ0) is 36.4. The van der Waals surface area contributed by atoms with Gasteiger partial charge in [0.2, 0.25) is 0 Å². The standard InChI is InChI=1S/C34H33F7N4O5/c1-31(2,3)32-10-9-19(45(32)30(46)47)14-44(15-32)28-23-13-24(34(39,40)41)25(26(35)27(23)42-29(43-28)49-16-33(36,37)38)22-12-20(50-17-48-4)11-18-7-5-6-8-21(18)22/h5-8,11-13,19H,9-10,14-17H2,1-4H3,(H,46,47)/t19-,32-/m0/s1. The van der Waals surface area contributed by atoms with E-state index in [2.05, 4.69) is 9.97 Å². The molecule has 2 aliphatic rings. The highest BCUT2D eigenvalue weighted by molar-refractivity contribution is 6.02. The van der Waals surface area contributed by atoms with Crippen molar-refractivity contribution in [1.29, 1.82) is 0 Å². The molecular formula is C34H33F7N4O5. The predicted octanol–water partition coefficient (Wildman–Crippen LogP) is 8.28. The molecule has 1 N–H and O–H groups in total. The third-order valence-corrected chi connectivity index (χ3v) is 9.51. The summed E-state index contributed by atoms with van der Waals surface area (Å²) in [5.74, 6) is -1.71. The summed E-state index contributed by atoms with van der Waals surface area (Å²) in [6.07, 6.45) is -10.3. The van der Waals surface area contributed by atoms with Crippen molar-refractivity contribution in [2.45, 2.75) is 57.5 Å². The lowest BCUT2D eigenvalue weighted by Gasteiger charge is -2.54. The smallest absolute Gasteiger partial charge is 0.422 e. The Morgan fingerprint density at radius 1 is 1.02 bits per heavy atom. The number of carboxylic acid groups (broad SMARTS) is 1. The van der Waals surface area contributed by atoms with Gasteiger partial charge in [0.05, 0.1) is 17.1 Å². The number of benzene rings is 3. The molecule has 2 fully saturated rings. The van der Waals surface area contributed by atoms with Gasteiger partial charge >= 0.3 is 24.5 Å². The Hall–Kier alpha value is -4.60. The molecule has 2 saturated heterocycles. The lowest BCUT2D eigenvalue weighted by Crippen LogP contribution is -2.68. The molecule has 4 aromatic rings. The monoisotopic (exact) mass is 710 g/mol. The highest BCUT2D eigenvalue weighted by Gasteiger charge is 2.59. The van der Waals surface area contributed by atoms with Crippen molar-refractivity contribution in [2.24, 2.45) is 5.41 Å². The van der Waals surface area contributed by atoms with Crippen LogP contribution in [0.4, 0.5) is 41.3 Å². The first kappa shape index (κ1) is 35.2. The summed E-state index contributed by atoms with van der Waals surface area (Å²) in [7, 11) is 1.35. The van der Waals surface area contributed by atoms with E-state index < -0.39 is 75.9 Å². The number of methoxy groups -OCH3 is 1. The van der Waals surface area contributed by atoms with Gasteiger partial charge in [-0.1, -0.05) is 45.0 Å². The largest absolute Gasteiger partial charge is 0.468 e. The molecule has 3 heterocycles.